The first-order chi connectivity index (χ1) is 11.7. The molecule has 2 aromatic heterocycles. The molecule has 0 unspecified atom stereocenters. The van der Waals surface area contributed by atoms with Crippen molar-refractivity contribution in [2.45, 2.75) is 19.5 Å². The highest BCUT2D eigenvalue weighted by Gasteiger charge is 2.31. The highest BCUT2D eigenvalue weighted by atomic mass is 35.5. The normalized spacial score (nSPS) is 11.7. The van der Waals surface area contributed by atoms with Crippen LogP contribution in [0, 0.1) is 6.92 Å². The summed E-state index contributed by atoms with van der Waals surface area (Å²) in [6.07, 6.45) is -2.32. The van der Waals surface area contributed by atoms with E-state index in [1.54, 1.807) is 6.07 Å². The average molecular weight is 368 g/mol. The molecule has 0 saturated carbocycles. The Balaban J connectivity index is 1.82. The number of nitrogens with zero attached hydrogens (tertiary/aromatic N) is 2. The van der Waals surface area contributed by atoms with E-state index in [0.29, 0.717) is 11.4 Å². The van der Waals surface area contributed by atoms with Crippen LogP contribution >= 0.6 is 11.6 Å². The Kier molecular flexibility index (Phi) is 4.43. The highest BCUT2D eigenvalue weighted by Crippen LogP contribution is 2.32. The number of aryl methyl sites for hydroxylation is 1. The molecule has 0 aliphatic rings. The molecule has 0 saturated heterocycles. The molecule has 130 valence electrons. The van der Waals surface area contributed by atoms with Gasteiger partial charge in [0.05, 0.1) is 22.7 Å². The number of carbonyl (C=O) groups excluding carboxylic acids is 1. The van der Waals surface area contributed by atoms with Crippen molar-refractivity contribution in [3.05, 3.63) is 64.6 Å². The number of hydrogen-bond acceptors (Lipinski definition) is 2. The number of alkyl halides is 3. The van der Waals surface area contributed by atoms with Crippen LogP contribution in [0.5, 0.6) is 0 Å². The summed E-state index contributed by atoms with van der Waals surface area (Å²) in [7, 11) is 0. The largest absolute Gasteiger partial charge is 0.417 e. The number of carbonyl (C=O) groups is 1. The smallest absolute Gasteiger partial charge is 0.326 e. The van der Waals surface area contributed by atoms with Crippen LogP contribution in [0.25, 0.3) is 5.65 Å². The predicted octanol–water partition coefficient (Wildman–Crippen LogP) is 4.50. The van der Waals surface area contributed by atoms with E-state index >= 15 is 0 Å². The van der Waals surface area contributed by atoms with Crippen molar-refractivity contribution < 1.29 is 18.0 Å². The van der Waals surface area contributed by atoms with Crippen molar-refractivity contribution in [3.8, 4) is 0 Å². The van der Waals surface area contributed by atoms with Crippen molar-refractivity contribution >= 4 is 28.8 Å². The van der Waals surface area contributed by atoms with Gasteiger partial charge in [-0.2, -0.15) is 13.2 Å². The fraction of sp³-hybridized carbons (Fsp3) is 0.176. The number of benzene rings is 1. The predicted molar refractivity (Wildman–Crippen MR) is 88.7 cm³/mol. The van der Waals surface area contributed by atoms with Crippen molar-refractivity contribution in [3.63, 3.8) is 0 Å². The molecule has 3 rings (SSSR count). The Bertz CT molecular complexity index is 950. The number of imidazole rings is 1. The van der Waals surface area contributed by atoms with Crippen LogP contribution in [-0.4, -0.2) is 15.3 Å². The topological polar surface area (TPSA) is 46.4 Å². The average Bonchev–Trinajstić information content (AvgIpc) is 2.89. The number of halogens is 4. The molecular weight excluding hydrogens is 355 g/mol. The number of pyridine rings is 1. The molecule has 4 nitrogen and oxygen atoms in total. The van der Waals surface area contributed by atoms with Crippen LogP contribution in [0.4, 0.5) is 18.9 Å². The van der Waals surface area contributed by atoms with Gasteiger partial charge in [0, 0.05) is 18.1 Å². The molecule has 3 aromatic rings. The molecule has 0 atom stereocenters. The minimum atomic E-state index is -4.51. The highest BCUT2D eigenvalue weighted by molar-refractivity contribution is 6.33. The minimum absolute atomic E-state index is 0.0761. The van der Waals surface area contributed by atoms with Gasteiger partial charge in [-0.25, -0.2) is 4.98 Å². The summed E-state index contributed by atoms with van der Waals surface area (Å²) in [6.45, 7) is 1.90. The third-order valence-electron chi connectivity index (χ3n) is 3.53. The number of anilines is 1. The number of nitrogens with one attached hydrogen (secondary N) is 1. The zero-order valence-corrected chi connectivity index (χ0v) is 13.8. The van der Waals surface area contributed by atoms with E-state index in [1.165, 1.54) is 10.6 Å². The van der Waals surface area contributed by atoms with Crippen LogP contribution in [-0.2, 0) is 17.4 Å². The number of amides is 1. The summed E-state index contributed by atoms with van der Waals surface area (Å²) in [5.41, 5.74) is 1.26. The van der Waals surface area contributed by atoms with Gasteiger partial charge in [0.25, 0.3) is 0 Å². The Hall–Kier alpha value is -2.54. The lowest BCUT2D eigenvalue weighted by Gasteiger charge is -2.07. The van der Waals surface area contributed by atoms with Gasteiger partial charge in [0.2, 0.25) is 5.91 Å². The van der Waals surface area contributed by atoms with Gasteiger partial charge in [-0.3, -0.25) is 4.79 Å². The van der Waals surface area contributed by atoms with E-state index in [9.17, 15) is 18.0 Å². The summed E-state index contributed by atoms with van der Waals surface area (Å²) in [5, 5.41) is 2.60. The molecule has 0 spiro atoms. The fourth-order valence-corrected chi connectivity index (χ4v) is 2.70. The molecule has 1 aromatic carbocycles. The quantitative estimate of drug-likeness (QED) is 0.741. The summed E-state index contributed by atoms with van der Waals surface area (Å²) in [4.78, 5) is 16.2. The standard InChI is InChI=1S/C17H13ClF3N3O/c1-10-3-2-4-12(5-10)22-15(25)7-13-9-24-8-11(17(19,20)21)6-14(18)16(24)23-13/h2-6,8-9H,7H2,1H3,(H,22,25). The maximum absolute atomic E-state index is 12.8. The Morgan fingerprint density at radius 2 is 2.04 bits per heavy atom. The molecule has 0 bridgehead atoms. The van der Waals surface area contributed by atoms with E-state index in [0.717, 1.165) is 17.8 Å². The van der Waals surface area contributed by atoms with Crippen molar-refractivity contribution in [1.82, 2.24) is 9.38 Å². The van der Waals surface area contributed by atoms with E-state index < -0.39 is 11.7 Å². The molecule has 0 aliphatic carbocycles. The fourth-order valence-electron chi connectivity index (χ4n) is 2.44. The first kappa shape index (κ1) is 17.3. The molecular formula is C17H13ClF3N3O. The summed E-state index contributed by atoms with van der Waals surface area (Å²) >= 11 is 5.88. The van der Waals surface area contributed by atoms with Crippen molar-refractivity contribution in [2.75, 3.05) is 5.32 Å². The summed E-state index contributed by atoms with van der Waals surface area (Å²) in [6, 6.07) is 8.10. The number of hydrogen-bond donors (Lipinski definition) is 1. The maximum atomic E-state index is 12.8. The molecule has 0 radical (unpaired) electrons. The molecule has 8 heteroatoms. The van der Waals surface area contributed by atoms with Gasteiger partial charge in [-0.05, 0) is 30.7 Å². The molecule has 25 heavy (non-hydrogen) atoms. The first-order valence-electron chi connectivity index (χ1n) is 7.33. The van der Waals surface area contributed by atoms with E-state index in [4.69, 9.17) is 11.6 Å². The van der Waals surface area contributed by atoms with E-state index in [-0.39, 0.29) is 23.0 Å². The molecule has 0 aliphatic heterocycles. The molecule has 1 amide bonds. The van der Waals surface area contributed by atoms with Gasteiger partial charge in [-0.1, -0.05) is 23.7 Å². The lowest BCUT2D eigenvalue weighted by Crippen LogP contribution is -2.14. The number of rotatable bonds is 3. The molecule has 0 fully saturated rings. The van der Waals surface area contributed by atoms with Gasteiger partial charge < -0.3 is 9.72 Å². The minimum Gasteiger partial charge on any atom is -0.326 e. The zero-order valence-electron chi connectivity index (χ0n) is 13.1. The maximum Gasteiger partial charge on any atom is 0.417 e. The zero-order chi connectivity index (χ0) is 18.2. The van der Waals surface area contributed by atoms with Crippen LogP contribution in [0.2, 0.25) is 5.02 Å². The molecule has 1 N–H and O–H groups in total. The summed E-state index contributed by atoms with van der Waals surface area (Å²) < 4.78 is 39.7. The second kappa shape index (κ2) is 6.40. The van der Waals surface area contributed by atoms with Crippen molar-refractivity contribution in [2.24, 2.45) is 0 Å². The molecule has 2 heterocycles. The Morgan fingerprint density at radius 1 is 1.28 bits per heavy atom. The van der Waals surface area contributed by atoms with Crippen LogP contribution in [0.15, 0.2) is 42.7 Å². The lowest BCUT2D eigenvalue weighted by atomic mass is 10.2. The number of aromatic nitrogens is 2. The Morgan fingerprint density at radius 3 is 2.72 bits per heavy atom. The van der Waals surface area contributed by atoms with Crippen LogP contribution in [0.3, 0.4) is 0 Å². The van der Waals surface area contributed by atoms with Gasteiger partial charge >= 0.3 is 6.18 Å². The van der Waals surface area contributed by atoms with E-state index in [1.807, 2.05) is 25.1 Å². The van der Waals surface area contributed by atoms with E-state index in [2.05, 4.69) is 10.3 Å². The second-order valence-corrected chi connectivity index (χ2v) is 6.04. The lowest BCUT2D eigenvalue weighted by molar-refractivity contribution is -0.137. The summed E-state index contributed by atoms with van der Waals surface area (Å²) in [5.74, 6) is -0.318. The monoisotopic (exact) mass is 367 g/mol. The van der Waals surface area contributed by atoms with Crippen molar-refractivity contribution in [1.29, 1.82) is 0 Å². The van der Waals surface area contributed by atoms with Crippen LogP contribution in [0.1, 0.15) is 16.8 Å². The Labute approximate surface area is 146 Å². The van der Waals surface area contributed by atoms with Gasteiger partial charge in [-0.15, -0.1) is 0 Å². The second-order valence-electron chi connectivity index (χ2n) is 5.63. The third-order valence-corrected chi connectivity index (χ3v) is 3.81. The van der Waals surface area contributed by atoms with Gasteiger partial charge in [0.15, 0.2) is 5.65 Å². The van der Waals surface area contributed by atoms with Gasteiger partial charge in [0.1, 0.15) is 0 Å². The third kappa shape index (κ3) is 3.93. The first-order valence-corrected chi connectivity index (χ1v) is 7.71. The number of fused-ring (bicyclic) bond motifs is 1. The SMILES string of the molecule is Cc1cccc(NC(=O)Cc2cn3cc(C(F)(F)F)cc(Cl)c3n2)c1. The van der Waals surface area contributed by atoms with Crippen LogP contribution < -0.4 is 5.32 Å².